The number of carbonyl (C=O) groups is 2. The maximum absolute atomic E-state index is 11.8. The number of ether oxygens (including phenoxy) is 2. The Morgan fingerprint density at radius 1 is 1.46 bits per heavy atom. The van der Waals surface area contributed by atoms with Gasteiger partial charge < -0.3 is 20.5 Å². The molecule has 3 atom stereocenters. The summed E-state index contributed by atoms with van der Waals surface area (Å²) >= 11 is 0. The van der Waals surface area contributed by atoms with Crippen molar-refractivity contribution >= 4 is 11.9 Å². The number of hydrogen-bond donors (Lipinski definition) is 2. The molecule has 1 saturated heterocycles. The number of carbonyl (C=O) groups excluding carboxylic acids is 2. The third-order valence-corrected chi connectivity index (χ3v) is 4.42. The summed E-state index contributed by atoms with van der Waals surface area (Å²) in [6, 6.07) is 7.79. The van der Waals surface area contributed by atoms with Crippen LogP contribution in [0.25, 0.3) is 0 Å². The fraction of sp³-hybridized carbons (Fsp3) is 0.529. The van der Waals surface area contributed by atoms with Crippen molar-refractivity contribution in [3.05, 3.63) is 29.8 Å². The molecule has 0 saturated carbocycles. The van der Waals surface area contributed by atoms with Crippen LogP contribution in [-0.4, -0.2) is 48.7 Å². The van der Waals surface area contributed by atoms with Crippen molar-refractivity contribution in [2.24, 2.45) is 5.73 Å². The van der Waals surface area contributed by atoms with E-state index in [1.807, 2.05) is 38.1 Å². The number of nitrogens with zero attached hydrogens (tertiary/aromatic N) is 1. The van der Waals surface area contributed by atoms with Crippen LogP contribution in [0.5, 0.6) is 5.75 Å². The standard InChI is InChI=1S/C17H25N3O4/c1-11-9-19-10-17(3,24-16(22)15(18)21)20(11)12(2)13-6-5-7-14(8-13)23-4/h5-8,11-12,19H,9-10H2,1-4H3,(H2,18,21)/t11?,12-,17?/m1/s1. The molecule has 1 aliphatic rings. The average Bonchev–Trinajstić information content (AvgIpc) is 2.54. The number of esters is 1. The van der Waals surface area contributed by atoms with Crippen molar-refractivity contribution in [3.63, 3.8) is 0 Å². The fourth-order valence-corrected chi connectivity index (χ4v) is 3.36. The van der Waals surface area contributed by atoms with Gasteiger partial charge in [-0.2, -0.15) is 0 Å². The molecule has 132 valence electrons. The zero-order valence-electron chi connectivity index (χ0n) is 14.5. The summed E-state index contributed by atoms with van der Waals surface area (Å²) < 4.78 is 10.7. The van der Waals surface area contributed by atoms with Crippen molar-refractivity contribution in [1.82, 2.24) is 10.2 Å². The molecule has 0 radical (unpaired) electrons. The fourth-order valence-electron chi connectivity index (χ4n) is 3.36. The summed E-state index contributed by atoms with van der Waals surface area (Å²) in [7, 11) is 1.62. The first-order valence-electron chi connectivity index (χ1n) is 7.94. The predicted molar refractivity (Wildman–Crippen MR) is 89.3 cm³/mol. The third-order valence-electron chi connectivity index (χ3n) is 4.42. The lowest BCUT2D eigenvalue weighted by Gasteiger charge is -2.50. The van der Waals surface area contributed by atoms with E-state index >= 15 is 0 Å². The molecule has 1 aromatic rings. The topological polar surface area (TPSA) is 93.9 Å². The molecule has 24 heavy (non-hydrogen) atoms. The van der Waals surface area contributed by atoms with Crippen LogP contribution < -0.4 is 15.8 Å². The molecule has 0 aliphatic carbocycles. The molecule has 2 rings (SSSR count). The Labute approximate surface area is 142 Å². The van der Waals surface area contributed by atoms with Crippen LogP contribution in [0, 0.1) is 0 Å². The number of primary amides is 1. The van der Waals surface area contributed by atoms with Gasteiger partial charge in [-0.25, -0.2) is 4.79 Å². The first-order chi connectivity index (χ1) is 11.3. The smallest absolute Gasteiger partial charge is 0.398 e. The quantitative estimate of drug-likeness (QED) is 0.624. The Morgan fingerprint density at radius 2 is 2.17 bits per heavy atom. The van der Waals surface area contributed by atoms with Crippen LogP contribution >= 0.6 is 0 Å². The third kappa shape index (κ3) is 3.68. The van der Waals surface area contributed by atoms with Gasteiger partial charge in [0.2, 0.25) is 0 Å². The Morgan fingerprint density at radius 3 is 2.79 bits per heavy atom. The molecule has 3 N–H and O–H groups in total. The first kappa shape index (κ1) is 18.2. The van der Waals surface area contributed by atoms with Crippen LogP contribution in [0.1, 0.15) is 32.4 Å². The lowest BCUT2D eigenvalue weighted by Crippen LogP contribution is -2.66. The molecule has 1 amide bonds. The number of rotatable bonds is 4. The maximum atomic E-state index is 11.8. The normalized spacial score (nSPS) is 25.8. The van der Waals surface area contributed by atoms with Crippen molar-refractivity contribution in [3.8, 4) is 5.75 Å². The minimum absolute atomic E-state index is 0.0529. The molecule has 0 bridgehead atoms. The Balaban J connectivity index is 2.33. The minimum Gasteiger partial charge on any atom is -0.497 e. The summed E-state index contributed by atoms with van der Waals surface area (Å²) in [6.07, 6.45) is 0. The van der Waals surface area contributed by atoms with Crippen molar-refractivity contribution < 1.29 is 19.1 Å². The van der Waals surface area contributed by atoms with E-state index in [0.717, 1.165) is 17.9 Å². The zero-order chi connectivity index (χ0) is 17.9. The summed E-state index contributed by atoms with van der Waals surface area (Å²) in [6.45, 7) is 7.02. The van der Waals surface area contributed by atoms with Crippen LogP contribution in [0.4, 0.5) is 0 Å². The van der Waals surface area contributed by atoms with Gasteiger partial charge in [0.1, 0.15) is 5.75 Å². The van der Waals surface area contributed by atoms with Gasteiger partial charge in [0, 0.05) is 25.2 Å². The average molecular weight is 335 g/mol. The lowest BCUT2D eigenvalue weighted by molar-refractivity contribution is -0.199. The van der Waals surface area contributed by atoms with Gasteiger partial charge in [0.05, 0.1) is 7.11 Å². The summed E-state index contributed by atoms with van der Waals surface area (Å²) in [4.78, 5) is 25.0. The van der Waals surface area contributed by atoms with Gasteiger partial charge in [-0.05, 0) is 38.5 Å². The Hall–Kier alpha value is -2.12. The number of methoxy groups -OCH3 is 1. The largest absolute Gasteiger partial charge is 0.497 e. The van der Waals surface area contributed by atoms with E-state index in [1.54, 1.807) is 14.0 Å². The maximum Gasteiger partial charge on any atom is 0.398 e. The summed E-state index contributed by atoms with van der Waals surface area (Å²) in [5.41, 5.74) is 5.10. The van der Waals surface area contributed by atoms with Gasteiger partial charge in [0.15, 0.2) is 5.72 Å². The van der Waals surface area contributed by atoms with E-state index < -0.39 is 17.6 Å². The predicted octanol–water partition coefficient (Wildman–Crippen LogP) is 0.795. The molecule has 0 spiro atoms. The van der Waals surface area contributed by atoms with E-state index in [2.05, 4.69) is 10.2 Å². The van der Waals surface area contributed by atoms with Crippen LogP contribution in [0.2, 0.25) is 0 Å². The van der Waals surface area contributed by atoms with Crippen molar-refractivity contribution in [2.45, 2.75) is 38.6 Å². The second-order valence-electron chi connectivity index (χ2n) is 6.27. The van der Waals surface area contributed by atoms with Crippen LogP contribution in [-0.2, 0) is 14.3 Å². The number of nitrogens with one attached hydrogen (secondary N) is 1. The van der Waals surface area contributed by atoms with Gasteiger partial charge >= 0.3 is 11.9 Å². The highest BCUT2D eigenvalue weighted by Gasteiger charge is 2.45. The van der Waals surface area contributed by atoms with Crippen LogP contribution in [0.3, 0.4) is 0 Å². The molecule has 1 heterocycles. The molecule has 2 unspecified atom stereocenters. The number of benzene rings is 1. The van der Waals surface area contributed by atoms with Crippen molar-refractivity contribution in [2.75, 3.05) is 20.2 Å². The summed E-state index contributed by atoms with van der Waals surface area (Å²) in [5, 5.41) is 3.23. The van der Waals surface area contributed by atoms with E-state index in [0.29, 0.717) is 6.54 Å². The van der Waals surface area contributed by atoms with Crippen molar-refractivity contribution in [1.29, 1.82) is 0 Å². The molecule has 7 nitrogen and oxygen atoms in total. The van der Waals surface area contributed by atoms with Gasteiger partial charge in [0.25, 0.3) is 0 Å². The first-order valence-corrected chi connectivity index (χ1v) is 7.94. The highest BCUT2D eigenvalue weighted by molar-refractivity contribution is 6.31. The molecule has 1 aliphatic heterocycles. The van der Waals surface area contributed by atoms with Gasteiger partial charge in [-0.1, -0.05) is 12.1 Å². The van der Waals surface area contributed by atoms with Gasteiger partial charge in [-0.3, -0.25) is 9.69 Å². The molecular formula is C17H25N3O4. The molecule has 7 heteroatoms. The van der Waals surface area contributed by atoms with E-state index in [-0.39, 0.29) is 12.1 Å². The Kier molecular flexibility index (Phi) is 5.46. The zero-order valence-corrected chi connectivity index (χ0v) is 14.5. The number of piperazine rings is 1. The molecule has 0 aromatic heterocycles. The van der Waals surface area contributed by atoms with E-state index in [4.69, 9.17) is 15.2 Å². The summed E-state index contributed by atoms with van der Waals surface area (Å²) in [5.74, 6) is -1.36. The SMILES string of the molecule is COc1cccc([C@@H](C)N2C(C)CNCC2(C)OC(=O)C(N)=O)c1. The van der Waals surface area contributed by atoms with E-state index in [1.165, 1.54) is 0 Å². The number of amides is 1. The van der Waals surface area contributed by atoms with Gasteiger partial charge in [-0.15, -0.1) is 0 Å². The number of nitrogens with two attached hydrogens (primary N) is 1. The second-order valence-corrected chi connectivity index (χ2v) is 6.27. The molecular weight excluding hydrogens is 310 g/mol. The Bertz CT molecular complexity index is 622. The highest BCUT2D eigenvalue weighted by Crippen LogP contribution is 2.34. The molecule has 1 fully saturated rings. The van der Waals surface area contributed by atoms with Crippen LogP contribution in [0.15, 0.2) is 24.3 Å². The highest BCUT2D eigenvalue weighted by atomic mass is 16.6. The number of hydrogen-bond acceptors (Lipinski definition) is 6. The monoisotopic (exact) mass is 335 g/mol. The second kappa shape index (κ2) is 7.19. The van der Waals surface area contributed by atoms with E-state index in [9.17, 15) is 9.59 Å². The minimum atomic E-state index is -1.09. The lowest BCUT2D eigenvalue weighted by atomic mass is 9.98. The molecule has 1 aromatic carbocycles.